The number of benzene rings is 1. The first-order chi connectivity index (χ1) is 9.63. The summed E-state index contributed by atoms with van der Waals surface area (Å²) in [6, 6.07) is 9.01. The number of carbonyl (C=O) groups excluding carboxylic acids is 1. The van der Waals surface area contributed by atoms with E-state index in [9.17, 15) is 9.59 Å². The number of carbonyl (C=O) groups is 1. The number of likely N-dealkylation sites (tertiary alicyclic amines) is 1. The molecule has 104 valence electrons. The smallest absolute Gasteiger partial charge is 0.256 e. The Morgan fingerprint density at radius 3 is 2.70 bits per heavy atom. The standard InChI is InChI=1S/C15H17N3O2/c1-17-7-6-13(15(17)20)18-12-5-3-2-4-10(12)8-11(9-16)14(18)19/h2-5,8,13H,6-7,9,16H2,1H3. The molecule has 1 fully saturated rings. The number of likely N-dealkylation sites (N-methyl/N-ethyl adjacent to an activating group) is 1. The Hall–Kier alpha value is -2.14. The van der Waals surface area contributed by atoms with Crippen molar-refractivity contribution in [3.63, 3.8) is 0 Å². The molecule has 0 saturated carbocycles. The van der Waals surface area contributed by atoms with E-state index in [4.69, 9.17) is 5.73 Å². The SMILES string of the molecule is CN1CCC(n2c(=O)c(CN)cc3ccccc32)C1=O. The van der Waals surface area contributed by atoms with E-state index < -0.39 is 6.04 Å². The molecule has 1 saturated heterocycles. The zero-order valence-electron chi connectivity index (χ0n) is 11.4. The van der Waals surface area contributed by atoms with Crippen molar-refractivity contribution in [2.24, 2.45) is 5.73 Å². The lowest BCUT2D eigenvalue weighted by molar-refractivity contribution is -0.129. The van der Waals surface area contributed by atoms with E-state index in [1.165, 1.54) is 0 Å². The lowest BCUT2D eigenvalue weighted by Gasteiger charge is -2.17. The number of amides is 1. The van der Waals surface area contributed by atoms with Gasteiger partial charge in [-0.25, -0.2) is 0 Å². The number of hydrogen-bond acceptors (Lipinski definition) is 3. The summed E-state index contributed by atoms with van der Waals surface area (Å²) in [7, 11) is 1.77. The molecule has 5 nitrogen and oxygen atoms in total. The zero-order chi connectivity index (χ0) is 14.3. The van der Waals surface area contributed by atoms with Crippen molar-refractivity contribution < 1.29 is 4.79 Å². The van der Waals surface area contributed by atoms with E-state index in [1.807, 2.05) is 30.3 Å². The van der Waals surface area contributed by atoms with Gasteiger partial charge in [0.1, 0.15) is 6.04 Å². The molecule has 1 amide bonds. The fraction of sp³-hybridized carbons (Fsp3) is 0.333. The topological polar surface area (TPSA) is 68.3 Å². The van der Waals surface area contributed by atoms with Crippen LogP contribution in [0, 0.1) is 0 Å². The highest BCUT2D eigenvalue weighted by atomic mass is 16.2. The maximum absolute atomic E-state index is 12.6. The van der Waals surface area contributed by atoms with Gasteiger partial charge in [-0.2, -0.15) is 0 Å². The molecule has 0 bridgehead atoms. The van der Waals surface area contributed by atoms with Gasteiger partial charge in [0.25, 0.3) is 5.56 Å². The van der Waals surface area contributed by atoms with Gasteiger partial charge in [-0.05, 0) is 23.9 Å². The van der Waals surface area contributed by atoms with Crippen LogP contribution < -0.4 is 11.3 Å². The monoisotopic (exact) mass is 271 g/mol. The fourth-order valence-corrected chi connectivity index (χ4v) is 2.84. The summed E-state index contributed by atoms with van der Waals surface area (Å²) in [5.41, 5.74) is 6.85. The first-order valence-electron chi connectivity index (χ1n) is 6.71. The van der Waals surface area contributed by atoms with E-state index in [2.05, 4.69) is 0 Å². The molecule has 20 heavy (non-hydrogen) atoms. The molecule has 1 atom stereocenters. The summed E-state index contributed by atoms with van der Waals surface area (Å²) in [6.45, 7) is 0.859. The summed E-state index contributed by atoms with van der Waals surface area (Å²) >= 11 is 0. The Kier molecular flexibility index (Phi) is 3.06. The number of fused-ring (bicyclic) bond motifs is 1. The quantitative estimate of drug-likeness (QED) is 0.881. The molecule has 5 heteroatoms. The Labute approximate surface area is 116 Å². The number of para-hydroxylation sites is 1. The van der Waals surface area contributed by atoms with Crippen LogP contribution in [-0.2, 0) is 11.3 Å². The van der Waals surface area contributed by atoms with Gasteiger partial charge in [0.15, 0.2) is 0 Å². The molecular weight excluding hydrogens is 254 g/mol. The predicted molar refractivity (Wildman–Crippen MR) is 77.4 cm³/mol. The molecule has 0 spiro atoms. The minimum atomic E-state index is -0.413. The van der Waals surface area contributed by atoms with E-state index in [-0.39, 0.29) is 18.0 Å². The molecule has 1 aromatic heterocycles. The molecule has 1 aromatic carbocycles. The lowest BCUT2D eigenvalue weighted by atomic mass is 10.1. The minimum absolute atomic E-state index is 0.00794. The molecule has 1 aliphatic heterocycles. The summed E-state index contributed by atoms with van der Waals surface area (Å²) < 4.78 is 1.61. The highest BCUT2D eigenvalue weighted by Crippen LogP contribution is 2.25. The van der Waals surface area contributed by atoms with Crippen LogP contribution in [0.5, 0.6) is 0 Å². The van der Waals surface area contributed by atoms with Gasteiger partial charge in [-0.15, -0.1) is 0 Å². The van der Waals surface area contributed by atoms with Crippen molar-refractivity contribution in [1.29, 1.82) is 0 Å². The Morgan fingerprint density at radius 2 is 2.05 bits per heavy atom. The van der Waals surface area contributed by atoms with Gasteiger partial charge in [-0.3, -0.25) is 14.2 Å². The second-order valence-electron chi connectivity index (χ2n) is 5.17. The van der Waals surface area contributed by atoms with E-state index >= 15 is 0 Å². The highest BCUT2D eigenvalue weighted by Gasteiger charge is 2.32. The van der Waals surface area contributed by atoms with Crippen LogP contribution in [0.3, 0.4) is 0 Å². The average molecular weight is 271 g/mol. The fourth-order valence-electron chi connectivity index (χ4n) is 2.84. The molecule has 2 N–H and O–H groups in total. The van der Waals surface area contributed by atoms with Gasteiger partial charge in [0.05, 0.1) is 5.52 Å². The number of aromatic nitrogens is 1. The van der Waals surface area contributed by atoms with Crippen LogP contribution in [0.25, 0.3) is 10.9 Å². The third kappa shape index (κ3) is 1.82. The van der Waals surface area contributed by atoms with Crippen LogP contribution in [0.4, 0.5) is 0 Å². The number of pyridine rings is 1. The summed E-state index contributed by atoms with van der Waals surface area (Å²) in [5, 5.41) is 0.940. The lowest BCUT2D eigenvalue weighted by Crippen LogP contribution is -2.33. The maximum Gasteiger partial charge on any atom is 0.256 e. The Balaban J connectivity index is 2.30. The maximum atomic E-state index is 12.6. The van der Waals surface area contributed by atoms with Crippen molar-refractivity contribution in [2.45, 2.75) is 19.0 Å². The highest BCUT2D eigenvalue weighted by molar-refractivity contribution is 5.86. The van der Waals surface area contributed by atoms with Gasteiger partial charge in [0, 0.05) is 25.7 Å². The third-order valence-electron chi connectivity index (χ3n) is 3.95. The zero-order valence-corrected chi connectivity index (χ0v) is 11.4. The summed E-state index contributed by atoms with van der Waals surface area (Å²) in [4.78, 5) is 26.5. The number of nitrogens with two attached hydrogens (primary N) is 1. The molecule has 2 aromatic rings. The van der Waals surface area contributed by atoms with Gasteiger partial charge < -0.3 is 10.6 Å². The molecule has 1 aliphatic rings. The normalized spacial score (nSPS) is 19.0. The van der Waals surface area contributed by atoms with Crippen LogP contribution >= 0.6 is 0 Å². The number of nitrogens with zero attached hydrogens (tertiary/aromatic N) is 2. The van der Waals surface area contributed by atoms with Crippen molar-refractivity contribution in [1.82, 2.24) is 9.47 Å². The molecule has 0 radical (unpaired) electrons. The van der Waals surface area contributed by atoms with Crippen LogP contribution in [0.1, 0.15) is 18.0 Å². The third-order valence-corrected chi connectivity index (χ3v) is 3.95. The first-order valence-corrected chi connectivity index (χ1v) is 6.71. The van der Waals surface area contributed by atoms with Crippen LogP contribution in [-0.4, -0.2) is 29.0 Å². The number of hydrogen-bond donors (Lipinski definition) is 1. The van der Waals surface area contributed by atoms with Crippen LogP contribution in [0.2, 0.25) is 0 Å². The Morgan fingerprint density at radius 1 is 1.30 bits per heavy atom. The van der Waals surface area contributed by atoms with E-state index in [0.717, 1.165) is 10.9 Å². The molecule has 3 rings (SSSR count). The molecular formula is C15H17N3O2. The molecule has 2 heterocycles. The van der Waals surface area contributed by atoms with Gasteiger partial charge in [-0.1, -0.05) is 18.2 Å². The van der Waals surface area contributed by atoms with Crippen molar-refractivity contribution >= 4 is 16.8 Å². The van der Waals surface area contributed by atoms with E-state index in [0.29, 0.717) is 18.5 Å². The summed E-state index contributed by atoms with van der Waals surface area (Å²) in [5.74, 6) is -0.00794. The average Bonchev–Trinajstić information content (AvgIpc) is 2.78. The Bertz CT molecular complexity index is 735. The van der Waals surface area contributed by atoms with Gasteiger partial charge in [0.2, 0.25) is 5.91 Å². The van der Waals surface area contributed by atoms with E-state index in [1.54, 1.807) is 16.5 Å². The summed E-state index contributed by atoms with van der Waals surface area (Å²) in [6.07, 6.45) is 0.660. The molecule has 0 aliphatic carbocycles. The van der Waals surface area contributed by atoms with Crippen molar-refractivity contribution in [3.8, 4) is 0 Å². The van der Waals surface area contributed by atoms with Crippen LogP contribution in [0.15, 0.2) is 35.1 Å². The van der Waals surface area contributed by atoms with Gasteiger partial charge >= 0.3 is 0 Å². The second-order valence-corrected chi connectivity index (χ2v) is 5.17. The predicted octanol–water partition coefficient (Wildman–Crippen LogP) is 0.863. The largest absolute Gasteiger partial charge is 0.344 e. The van der Waals surface area contributed by atoms with Crippen molar-refractivity contribution in [3.05, 3.63) is 46.2 Å². The first kappa shape index (κ1) is 12.9. The molecule has 1 unspecified atom stereocenters. The minimum Gasteiger partial charge on any atom is -0.344 e. The number of rotatable bonds is 2. The second kappa shape index (κ2) is 4.76. The van der Waals surface area contributed by atoms with Crippen molar-refractivity contribution in [2.75, 3.05) is 13.6 Å².